The van der Waals surface area contributed by atoms with E-state index >= 15 is 0 Å². The zero-order valence-corrected chi connectivity index (χ0v) is 14.8. The third-order valence-electron chi connectivity index (χ3n) is 3.20. The number of nitrogens with one attached hydrogen (secondary N) is 1. The van der Waals surface area contributed by atoms with Crippen LogP contribution in [-0.2, 0) is 16.1 Å². The Bertz CT molecular complexity index is 820. The first kappa shape index (κ1) is 18.7. The predicted octanol–water partition coefficient (Wildman–Crippen LogP) is 2.17. The predicted molar refractivity (Wildman–Crippen MR) is 95.9 cm³/mol. The van der Waals surface area contributed by atoms with E-state index in [1.54, 1.807) is 17.8 Å². The number of rotatable bonds is 7. The van der Waals surface area contributed by atoms with Crippen molar-refractivity contribution < 1.29 is 14.3 Å². The van der Waals surface area contributed by atoms with Gasteiger partial charge in [-0.15, -0.1) is 11.8 Å². The maximum atomic E-state index is 12.0. The van der Waals surface area contributed by atoms with Gasteiger partial charge in [-0.2, -0.15) is 5.10 Å². The van der Waals surface area contributed by atoms with Crippen LogP contribution in [0.2, 0.25) is 0 Å². The number of hydrogen-bond donors (Lipinski definition) is 1. The molecule has 0 saturated heterocycles. The molecule has 0 bridgehead atoms. The number of nitrogens with zero attached hydrogens (tertiary/aromatic N) is 2. The number of aryl methyl sites for hydroxylation is 1. The lowest BCUT2D eigenvalue weighted by Crippen LogP contribution is -2.26. The maximum absolute atomic E-state index is 12.0. The third-order valence-corrected chi connectivity index (χ3v) is 3.92. The topological polar surface area (TPSA) is 90.3 Å². The molecule has 1 aromatic heterocycles. The molecule has 0 spiro atoms. The number of hydrogen-bond acceptors (Lipinski definition) is 6. The molecule has 25 heavy (non-hydrogen) atoms. The van der Waals surface area contributed by atoms with Gasteiger partial charge in [0.05, 0.1) is 0 Å². The molecule has 0 saturated carbocycles. The first-order chi connectivity index (χ1) is 12.0. The van der Waals surface area contributed by atoms with Gasteiger partial charge < -0.3 is 10.1 Å². The second-order valence-electron chi connectivity index (χ2n) is 5.14. The van der Waals surface area contributed by atoms with Crippen LogP contribution in [0.1, 0.15) is 23.8 Å². The molecule has 0 unspecified atom stereocenters. The van der Waals surface area contributed by atoms with Gasteiger partial charge >= 0.3 is 5.97 Å². The molecule has 2 rings (SSSR count). The van der Waals surface area contributed by atoms with E-state index in [9.17, 15) is 14.4 Å². The van der Waals surface area contributed by atoms with Crippen molar-refractivity contribution in [3.05, 3.63) is 52.4 Å². The van der Waals surface area contributed by atoms with Crippen LogP contribution in [0.25, 0.3) is 0 Å². The largest absolute Gasteiger partial charge is 0.451 e. The van der Waals surface area contributed by atoms with E-state index in [1.165, 1.54) is 16.8 Å². The Morgan fingerprint density at radius 1 is 1.28 bits per heavy atom. The van der Waals surface area contributed by atoms with Crippen LogP contribution in [0.15, 0.2) is 46.1 Å². The third kappa shape index (κ3) is 5.46. The summed E-state index contributed by atoms with van der Waals surface area (Å²) in [4.78, 5) is 36.5. The fourth-order valence-corrected chi connectivity index (χ4v) is 2.49. The van der Waals surface area contributed by atoms with Gasteiger partial charge in [-0.1, -0.05) is 13.0 Å². The Hall–Kier alpha value is -2.61. The zero-order chi connectivity index (χ0) is 18.2. The van der Waals surface area contributed by atoms with Gasteiger partial charge in [-0.3, -0.25) is 9.59 Å². The average Bonchev–Trinajstić information content (AvgIpc) is 2.62. The number of carbonyl (C=O) groups is 2. The lowest BCUT2D eigenvalue weighted by Gasteiger charge is -2.08. The normalized spacial score (nSPS) is 10.3. The van der Waals surface area contributed by atoms with Crippen molar-refractivity contribution in [2.45, 2.75) is 24.8 Å². The van der Waals surface area contributed by atoms with Crippen molar-refractivity contribution >= 4 is 29.3 Å². The number of ether oxygens (including phenoxy) is 1. The van der Waals surface area contributed by atoms with Gasteiger partial charge in [0.2, 0.25) is 0 Å². The van der Waals surface area contributed by atoms with E-state index < -0.39 is 18.5 Å². The van der Waals surface area contributed by atoms with Crippen molar-refractivity contribution in [1.29, 1.82) is 0 Å². The number of esters is 1. The van der Waals surface area contributed by atoms with E-state index in [0.717, 1.165) is 4.90 Å². The SMILES string of the molecule is CCCn1nc(C(=O)OCC(=O)Nc2cccc(SC)c2)ccc1=O. The van der Waals surface area contributed by atoms with Gasteiger partial charge in [-0.05, 0) is 36.9 Å². The zero-order valence-electron chi connectivity index (χ0n) is 14.0. The van der Waals surface area contributed by atoms with Gasteiger partial charge in [0.15, 0.2) is 12.3 Å². The molecule has 132 valence electrons. The molecule has 1 amide bonds. The van der Waals surface area contributed by atoms with Crippen molar-refractivity contribution in [2.24, 2.45) is 0 Å². The van der Waals surface area contributed by atoms with E-state index in [2.05, 4.69) is 10.4 Å². The monoisotopic (exact) mass is 361 g/mol. The summed E-state index contributed by atoms with van der Waals surface area (Å²) >= 11 is 1.56. The summed E-state index contributed by atoms with van der Waals surface area (Å²) < 4.78 is 6.16. The summed E-state index contributed by atoms with van der Waals surface area (Å²) in [6.07, 6.45) is 2.65. The fourth-order valence-electron chi connectivity index (χ4n) is 2.03. The van der Waals surface area contributed by atoms with E-state index in [-0.39, 0.29) is 11.3 Å². The second kappa shape index (κ2) is 9.03. The molecular formula is C17H19N3O4S. The molecule has 1 heterocycles. The summed E-state index contributed by atoms with van der Waals surface area (Å²) in [7, 11) is 0. The van der Waals surface area contributed by atoms with Crippen molar-refractivity contribution in [3.8, 4) is 0 Å². The standard InChI is InChI=1S/C17H19N3O4S/c1-3-9-20-16(22)8-7-14(19-20)17(23)24-11-15(21)18-12-5-4-6-13(10-12)25-2/h4-8,10H,3,9,11H2,1-2H3,(H,18,21). The maximum Gasteiger partial charge on any atom is 0.359 e. The molecule has 0 radical (unpaired) electrons. The van der Waals surface area contributed by atoms with Crippen LogP contribution in [0, 0.1) is 0 Å². The summed E-state index contributed by atoms with van der Waals surface area (Å²) in [5.41, 5.74) is 0.331. The van der Waals surface area contributed by atoms with Gasteiger partial charge in [0.25, 0.3) is 11.5 Å². The van der Waals surface area contributed by atoms with E-state index in [0.29, 0.717) is 18.7 Å². The minimum Gasteiger partial charge on any atom is -0.451 e. The molecular weight excluding hydrogens is 342 g/mol. The Labute approximate surface area is 149 Å². The number of carbonyl (C=O) groups excluding carboxylic acids is 2. The van der Waals surface area contributed by atoms with Gasteiger partial charge in [-0.25, -0.2) is 9.48 Å². The summed E-state index contributed by atoms with van der Waals surface area (Å²) in [6, 6.07) is 9.88. The number of amides is 1. The highest BCUT2D eigenvalue weighted by molar-refractivity contribution is 7.98. The Morgan fingerprint density at radius 2 is 2.08 bits per heavy atom. The average molecular weight is 361 g/mol. The van der Waals surface area contributed by atoms with Crippen LogP contribution in [-0.4, -0.2) is 34.5 Å². The lowest BCUT2D eigenvalue weighted by atomic mass is 10.3. The molecule has 1 aromatic carbocycles. The van der Waals surface area contributed by atoms with Gasteiger partial charge in [0.1, 0.15) is 0 Å². The number of benzene rings is 1. The molecule has 8 heteroatoms. The van der Waals surface area contributed by atoms with Crippen molar-refractivity contribution in [1.82, 2.24) is 9.78 Å². The van der Waals surface area contributed by atoms with Crippen LogP contribution >= 0.6 is 11.8 Å². The van der Waals surface area contributed by atoms with Crippen LogP contribution in [0.3, 0.4) is 0 Å². The van der Waals surface area contributed by atoms with Crippen LogP contribution in [0.5, 0.6) is 0 Å². The lowest BCUT2D eigenvalue weighted by molar-refractivity contribution is -0.119. The number of thioether (sulfide) groups is 1. The summed E-state index contributed by atoms with van der Waals surface area (Å²) in [5, 5.41) is 6.60. The van der Waals surface area contributed by atoms with Crippen molar-refractivity contribution in [2.75, 3.05) is 18.2 Å². The minimum atomic E-state index is -0.752. The minimum absolute atomic E-state index is 0.00905. The van der Waals surface area contributed by atoms with E-state index in [4.69, 9.17) is 4.74 Å². The van der Waals surface area contributed by atoms with E-state index in [1.807, 2.05) is 31.4 Å². The van der Waals surface area contributed by atoms with Crippen molar-refractivity contribution in [3.63, 3.8) is 0 Å². The molecule has 1 N–H and O–H groups in total. The van der Waals surface area contributed by atoms with Crippen LogP contribution in [0.4, 0.5) is 5.69 Å². The fraction of sp³-hybridized carbons (Fsp3) is 0.294. The summed E-state index contributed by atoms with van der Waals surface area (Å²) in [6.45, 7) is 1.87. The summed E-state index contributed by atoms with van der Waals surface area (Å²) in [5.74, 6) is -1.20. The molecule has 2 aromatic rings. The van der Waals surface area contributed by atoms with Crippen LogP contribution < -0.4 is 10.9 Å². The Balaban J connectivity index is 1.93. The second-order valence-corrected chi connectivity index (χ2v) is 6.02. The Kier molecular flexibility index (Phi) is 6.76. The molecule has 0 fully saturated rings. The first-order valence-corrected chi connectivity index (χ1v) is 8.95. The first-order valence-electron chi connectivity index (χ1n) is 7.72. The number of anilines is 1. The van der Waals surface area contributed by atoms with Gasteiger partial charge in [0, 0.05) is 23.2 Å². The molecule has 0 aliphatic rings. The Morgan fingerprint density at radius 3 is 2.80 bits per heavy atom. The molecule has 0 atom stereocenters. The highest BCUT2D eigenvalue weighted by atomic mass is 32.2. The highest BCUT2D eigenvalue weighted by Crippen LogP contribution is 2.18. The highest BCUT2D eigenvalue weighted by Gasteiger charge is 2.13. The molecule has 0 aliphatic carbocycles. The smallest absolute Gasteiger partial charge is 0.359 e. The quantitative estimate of drug-likeness (QED) is 0.600. The number of aromatic nitrogens is 2. The molecule has 7 nitrogen and oxygen atoms in total. The molecule has 0 aliphatic heterocycles.